The molecule has 0 saturated heterocycles. The van der Waals surface area contributed by atoms with Crippen LogP contribution in [0.2, 0.25) is 0 Å². The van der Waals surface area contributed by atoms with Gasteiger partial charge in [-0.15, -0.1) is 0 Å². The predicted molar refractivity (Wildman–Crippen MR) is 58.8 cm³/mol. The van der Waals surface area contributed by atoms with Crippen molar-refractivity contribution in [1.82, 2.24) is 0 Å². The van der Waals surface area contributed by atoms with Crippen LogP contribution in [0.15, 0.2) is 35.5 Å². The van der Waals surface area contributed by atoms with Crippen LogP contribution in [0.3, 0.4) is 0 Å². The lowest BCUT2D eigenvalue weighted by molar-refractivity contribution is 0.271. The minimum atomic E-state index is 0.693. The number of allylic oxidation sites excluding steroid dienone is 1. The second-order valence-corrected chi connectivity index (χ2v) is 3.20. The van der Waals surface area contributed by atoms with Crippen molar-refractivity contribution < 1.29 is 4.74 Å². The van der Waals surface area contributed by atoms with Gasteiger partial charge in [-0.05, 0) is 19.9 Å². The second kappa shape index (κ2) is 3.66. The molecule has 1 aliphatic rings. The summed E-state index contributed by atoms with van der Waals surface area (Å²) >= 11 is 0. The molecule has 0 bridgehead atoms. The smallest absolute Gasteiger partial charge is 0.0926 e. The van der Waals surface area contributed by atoms with Crippen LogP contribution < -0.4 is 0 Å². The van der Waals surface area contributed by atoms with E-state index in [2.05, 4.69) is 11.1 Å². The van der Waals surface area contributed by atoms with Gasteiger partial charge in [-0.2, -0.15) is 0 Å². The number of aliphatic imine (C=N–C) groups is 1. The zero-order chi connectivity index (χ0) is 9.97. The van der Waals surface area contributed by atoms with E-state index in [1.54, 1.807) is 6.26 Å². The number of fused-ring (bicyclic) bond motifs is 1. The molecular weight excluding hydrogens is 174 g/mol. The van der Waals surface area contributed by atoms with Crippen LogP contribution in [-0.2, 0) is 4.74 Å². The van der Waals surface area contributed by atoms with Gasteiger partial charge in [0.2, 0.25) is 0 Å². The summed E-state index contributed by atoms with van der Waals surface area (Å²) in [5.74, 6) is 0. The van der Waals surface area contributed by atoms with Gasteiger partial charge < -0.3 is 4.74 Å². The van der Waals surface area contributed by atoms with E-state index in [4.69, 9.17) is 4.74 Å². The molecule has 0 fully saturated rings. The summed E-state index contributed by atoms with van der Waals surface area (Å²) < 4.78 is 5.30. The normalized spacial score (nSPS) is 16.7. The summed E-state index contributed by atoms with van der Waals surface area (Å²) in [6.45, 7) is 4.67. The fourth-order valence-corrected chi connectivity index (χ4v) is 1.55. The van der Waals surface area contributed by atoms with Crippen molar-refractivity contribution in [3.8, 4) is 0 Å². The Balaban J connectivity index is 2.41. The van der Waals surface area contributed by atoms with Crippen LogP contribution in [0, 0.1) is 0 Å². The van der Waals surface area contributed by atoms with Gasteiger partial charge in [0.25, 0.3) is 0 Å². The third-order valence-electron chi connectivity index (χ3n) is 2.24. The molecule has 14 heavy (non-hydrogen) atoms. The van der Waals surface area contributed by atoms with E-state index in [9.17, 15) is 0 Å². The lowest BCUT2D eigenvalue weighted by atomic mass is 10.1. The van der Waals surface area contributed by atoms with Crippen molar-refractivity contribution in [2.45, 2.75) is 13.8 Å². The Kier molecular flexibility index (Phi) is 2.35. The Hall–Kier alpha value is -1.57. The van der Waals surface area contributed by atoms with Gasteiger partial charge in [-0.3, -0.25) is 4.99 Å². The Morgan fingerprint density at radius 3 is 2.93 bits per heavy atom. The van der Waals surface area contributed by atoms with Crippen LogP contribution in [0.4, 0.5) is 5.69 Å². The maximum Gasteiger partial charge on any atom is 0.0926 e. The molecule has 0 radical (unpaired) electrons. The number of ether oxygens (including phenoxy) is 1. The average molecular weight is 187 g/mol. The van der Waals surface area contributed by atoms with Crippen LogP contribution >= 0.6 is 0 Å². The van der Waals surface area contributed by atoms with Gasteiger partial charge >= 0.3 is 0 Å². The first-order chi connectivity index (χ1) is 6.83. The van der Waals surface area contributed by atoms with Gasteiger partial charge in [0.1, 0.15) is 0 Å². The number of hydrogen-bond acceptors (Lipinski definition) is 2. The molecule has 0 saturated carbocycles. The highest BCUT2D eigenvalue weighted by atomic mass is 16.5. The molecule has 0 atom stereocenters. The standard InChI is InChI=1S/C12H13NO/c1-3-14-8-11-9(2)13-12-7-5-4-6-10(11)12/h4-8H,3H2,1-2H3/b11-8-. The van der Waals surface area contributed by atoms with Crippen molar-refractivity contribution in [1.29, 1.82) is 0 Å². The molecule has 0 N–H and O–H groups in total. The number of hydrogen-bond donors (Lipinski definition) is 0. The fourth-order valence-electron chi connectivity index (χ4n) is 1.55. The molecule has 0 spiro atoms. The highest BCUT2D eigenvalue weighted by Crippen LogP contribution is 2.34. The zero-order valence-electron chi connectivity index (χ0n) is 8.45. The summed E-state index contributed by atoms with van der Waals surface area (Å²) in [5, 5.41) is 0. The first-order valence-corrected chi connectivity index (χ1v) is 4.79. The maximum atomic E-state index is 5.30. The SMILES string of the molecule is CCO/C=C1/C(C)=Nc2ccccc21. The summed E-state index contributed by atoms with van der Waals surface area (Å²) in [7, 11) is 0. The quantitative estimate of drug-likeness (QED) is 0.652. The van der Waals surface area contributed by atoms with E-state index in [0.29, 0.717) is 6.61 Å². The molecule has 1 aromatic rings. The second-order valence-electron chi connectivity index (χ2n) is 3.20. The highest BCUT2D eigenvalue weighted by molar-refractivity contribution is 6.27. The number of nitrogens with zero attached hydrogens (tertiary/aromatic N) is 1. The predicted octanol–water partition coefficient (Wildman–Crippen LogP) is 3.17. The molecule has 0 unspecified atom stereocenters. The molecule has 0 amide bonds. The van der Waals surface area contributed by atoms with E-state index in [-0.39, 0.29) is 0 Å². The van der Waals surface area contributed by atoms with Gasteiger partial charge in [0.15, 0.2) is 0 Å². The first kappa shape index (κ1) is 9.00. The van der Waals surface area contributed by atoms with E-state index >= 15 is 0 Å². The van der Waals surface area contributed by atoms with E-state index in [1.807, 2.05) is 32.0 Å². The Morgan fingerprint density at radius 2 is 2.14 bits per heavy atom. The molecule has 72 valence electrons. The molecule has 1 aliphatic heterocycles. The average Bonchev–Trinajstić information content (AvgIpc) is 2.51. The van der Waals surface area contributed by atoms with Crippen molar-refractivity contribution in [3.05, 3.63) is 36.1 Å². The molecule has 1 aromatic carbocycles. The Morgan fingerprint density at radius 1 is 1.36 bits per heavy atom. The number of benzene rings is 1. The monoisotopic (exact) mass is 187 g/mol. The molecule has 0 aliphatic carbocycles. The Labute approximate surface area is 83.9 Å². The highest BCUT2D eigenvalue weighted by Gasteiger charge is 2.16. The third-order valence-corrected chi connectivity index (χ3v) is 2.24. The largest absolute Gasteiger partial charge is 0.501 e. The van der Waals surface area contributed by atoms with Gasteiger partial charge in [0.05, 0.1) is 18.6 Å². The van der Waals surface area contributed by atoms with Crippen molar-refractivity contribution in [2.75, 3.05) is 6.61 Å². The zero-order valence-corrected chi connectivity index (χ0v) is 8.45. The van der Waals surface area contributed by atoms with E-state index in [1.165, 1.54) is 5.56 Å². The van der Waals surface area contributed by atoms with Crippen molar-refractivity contribution >= 4 is 17.0 Å². The number of para-hydroxylation sites is 1. The minimum absolute atomic E-state index is 0.693. The summed E-state index contributed by atoms with van der Waals surface area (Å²) in [6.07, 6.45) is 1.80. The molecule has 0 aromatic heterocycles. The molecule has 1 heterocycles. The first-order valence-electron chi connectivity index (χ1n) is 4.79. The molecule has 2 rings (SSSR count). The lowest BCUT2D eigenvalue weighted by Gasteiger charge is -2.01. The topological polar surface area (TPSA) is 21.6 Å². The molecule has 2 nitrogen and oxygen atoms in total. The van der Waals surface area contributed by atoms with Gasteiger partial charge in [-0.25, -0.2) is 0 Å². The van der Waals surface area contributed by atoms with Crippen LogP contribution in [0.1, 0.15) is 19.4 Å². The summed E-state index contributed by atoms with van der Waals surface area (Å²) in [5.41, 5.74) is 4.33. The van der Waals surface area contributed by atoms with Crippen LogP contribution in [0.25, 0.3) is 5.57 Å². The molecular formula is C12H13NO. The van der Waals surface area contributed by atoms with Gasteiger partial charge in [-0.1, -0.05) is 18.2 Å². The van der Waals surface area contributed by atoms with Crippen molar-refractivity contribution in [2.24, 2.45) is 4.99 Å². The summed E-state index contributed by atoms with van der Waals surface area (Å²) in [4.78, 5) is 4.45. The summed E-state index contributed by atoms with van der Waals surface area (Å²) in [6, 6.07) is 8.11. The van der Waals surface area contributed by atoms with E-state index in [0.717, 1.165) is 17.0 Å². The minimum Gasteiger partial charge on any atom is -0.501 e. The fraction of sp³-hybridized carbons (Fsp3) is 0.250. The van der Waals surface area contributed by atoms with Crippen LogP contribution in [0.5, 0.6) is 0 Å². The van der Waals surface area contributed by atoms with Crippen molar-refractivity contribution in [3.63, 3.8) is 0 Å². The van der Waals surface area contributed by atoms with Gasteiger partial charge in [0, 0.05) is 16.8 Å². The maximum absolute atomic E-state index is 5.30. The third kappa shape index (κ3) is 1.43. The van der Waals surface area contributed by atoms with E-state index < -0.39 is 0 Å². The number of rotatable bonds is 2. The molecule has 2 heteroatoms. The Bertz CT molecular complexity index is 405. The lowest BCUT2D eigenvalue weighted by Crippen LogP contribution is -1.91. The van der Waals surface area contributed by atoms with Crippen LogP contribution in [-0.4, -0.2) is 12.3 Å².